The van der Waals surface area contributed by atoms with Crippen LogP contribution in [-0.4, -0.2) is 26.4 Å². The summed E-state index contributed by atoms with van der Waals surface area (Å²) < 4.78 is 5.15. The van der Waals surface area contributed by atoms with E-state index in [4.69, 9.17) is 14.5 Å². The summed E-state index contributed by atoms with van der Waals surface area (Å²) in [5.41, 5.74) is 0.186. The summed E-state index contributed by atoms with van der Waals surface area (Å²) in [7, 11) is 0. The van der Waals surface area contributed by atoms with Crippen molar-refractivity contribution in [1.29, 1.82) is 0 Å². The van der Waals surface area contributed by atoms with Gasteiger partial charge in [-0.05, 0) is 12.3 Å². The molecule has 0 saturated carbocycles. The van der Waals surface area contributed by atoms with Crippen LogP contribution < -0.4 is 0 Å². The second-order valence-corrected chi connectivity index (χ2v) is 5.27. The third-order valence-electron chi connectivity index (χ3n) is 3.24. The van der Waals surface area contributed by atoms with Crippen molar-refractivity contribution in [2.75, 3.05) is 26.4 Å². The number of ether oxygens (including phenoxy) is 1. The lowest BCUT2D eigenvalue weighted by Gasteiger charge is -2.36. The van der Waals surface area contributed by atoms with E-state index >= 15 is 0 Å². The molecule has 0 amide bonds. The SMILES string of the molecule is CCCCC(CC)COOCC1(C)COC1. The quantitative estimate of drug-likeness (QED) is 0.346. The van der Waals surface area contributed by atoms with Crippen molar-refractivity contribution in [1.82, 2.24) is 0 Å². The van der Waals surface area contributed by atoms with Crippen molar-refractivity contribution in [3.8, 4) is 0 Å². The first-order chi connectivity index (χ1) is 7.70. The normalized spacial score (nSPS) is 20.4. The van der Waals surface area contributed by atoms with Gasteiger partial charge in [-0.2, -0.15) is 0 Å². The molecule has 1 unspecified atom stereocenters. The first-order valence-corrected chi connectivity index (χ1v) is 6.52. The van der Waals surface area contributed by atoms with Gasteiger partial charge in [0.05, 0.1) is 26.4 Å². The third-order valence-corrected chi connectivity index (χ3v) is 3.24. The molecule has 1 saturated heterocycles. The van der Waals surface area contributed by atoms with Crippen LogP contribution in [0.15, 0.2) is 0 Å². The Balaban J connectivity index is 1.99. The Morgan fingerprint density at radius 1 is 1.25 bits per heavy atom. The second kappa shape index (κ2) is 7.25. The Hall–Kier alpha value is -0.120. The fourth-order valence-electron chi connectivity index (χ4n) is 1.76. The molecule has 0 aromatic carbocycles. The van der Waals surface area contributed by atoms with E-state index < -0.39 is 0 Å². The molecule has 1 fully saturated rings. The molecule has 16 heavy (non-hydrogen) atoms. The van der Waals surface area contributed by atoms with E-state index in [2.05, 4.69) is 20.8 Å². The highest BCUT2D eigenvalue weighted by atomic mass is 17.2. The lowest BCUT2D eigenvalue weighted by atomic mass is 9.90. The third kappa shape index (κ3) is 4.81. The highest BCUT2D eigenvalue weighted by molar-refractivity contribution is 4.79. The van der Waals surface area contributed by atoms with Gasteiger partial charge < -0.3 is 4.74 Å². The minimum absolute atomic E-state index is 0.186. The van der Waals surface area contributed by atoms with Gasteiger partial charge in [-0.3, -0.25) is 0 Å². The first-order valence-electron chi connectivity index (χ1n) is 6.52. The van der Waals surface area contributed by atoms with Crippen molar-refractivity contribution in [3.63, 3.8) is 0 Å². The summed E-state index contributed by atoms with van der Waals surface area (Å²) >= 11 is 0. The number of hydrogen-bond acceptors (Lipinski definition) is 3. The molecular formula is C13H26O3. The van der Waals surface area contributed by atoms with Gasteiger partial charge in [-0.1, -0.05) is 40.0 Å². The molecule has 96 valence electrons. The molecule has 1 heterocycles. The molecular weight excluding hydrogens is 204 g/mol. The standard InChI is InChI=1S/C13H26O3/c1-4-6-7-12(5-2)8-15-16-11-13(3)9-14-10-13/h12H,4-11H2,1-3H3. The van der Waals surface area contributed by atoms with Crippen LogP contribution in [0.1, 0.15) is 46.5 Å². The van der Waals surface area contributed by atoms with Crippen LogP contribution in [0.2, 0.25) is 0 Å². The summed E-state index contributed by atoms with van der Waals surface area (Å²) in [4.78, 5) is 10.6. The first kappa shape index (κ1) is 13.9. The van der Waals surface area contributed by atoms with Crippen molar-refractivity contribution < 1.29 is 14.5 Å². The lowest BCUT2D eigenvalue weighted by molar-refractivity contribution is -0.330. The maximum atomic E-state index is 5.30. The summed E-state index contributed by atoms with van der Waals surface area (Å²) in [5, 5.41) is 0. The van der Waals surface area contributed by atoms with Crippen molar-refractivity contribution >= 4 is 0 Å². The topological polar surface area (TPSA) is 27.7 Å². The fraction of sp³-hybridized carbons (Fsp3) is 1.00. The summed E-state index contributed by atoms with van der Waals surface area (Å²) in [6.45, 7) is 9.57. The van der Waals surface area contributed by atoms with E-state index in [9.17, 15) is 0 Å². The number of rotatable bonds is 9. The van der Waals surface area contributed by atoms with Gasteiger partial charge in [0.1, 0.15) is 0 Å². The molecule has 1 rings (SSSR count). The van der Waals surface area contributed by atoms with Crippen LogP contribution in [0.25, 0.3) is 0 Å². The van der Waals surface area contributed by atoms with Crippen LogP contribution in [-0.2, 0) is 14.5 Å². The summed E-state index contributed by atoms with van der Waals surface area (Å²) in [6.07, 6.45) is 4.96. The molecule has 0 aromatic rings. The minimum atomic E-state index is 0.186. The highest BCUT2D eigenvalue weighted by Gasteiger charge is 2.34. The van der Waals surface area contributed by atoms with Gasteiger partial charge >= 0.3 is 0 Å². The molecule has 0 aromatic heterocycles. The van der Waals surface area contributed by atoms with Gasteiger partial charge in [-0.15, -0.1) is 0 Å². The molecule has 0 spiro atoms. The van der Waals surface area contributed by atoms with Crippen LogP contribution in [0.5, 0.6) is 0 Å². The van der Waals surface area contributed by atoms with Gasteiger partial charge in [-0.25, -0.2) is 9.78 Å². The molecule has 3 nitrogen and oxygen atoms in total. The Kier molecular flexibility index (Phi) is 6.32. The van der Waals surface area contributed by atoms with Crippen molar-refractivity contribution in [2.24, 2.45) is 11.3 Å². The second-order valence-electron chi connectivity index (χ2n) is 5.27. The van der Waals surface area contributed by atoms with Crippen molar-refractivity contribution in [2.45, 2.75) is 46.5 Å². The fourth-order valence-corrected chi connectivity index (χ4v) is 1.76. The predicted molar refractivity (Wildman–Crippen MR) is 64.1 cm³/mol. The maximum absolute atomic E-state index is 5.30. The number of unbranched alkanes of at least 4 members (excludes halogenated alkanes) is 1. The molecule has 3 heteroatoms. The minimum Gasteiger partial charge on any atom is -0.380 e. The van der Waals surface area contributed by atoms with Gasteiger partial charge in [0.2, 0.25) is 0 Å². The molecule has 1 aliphatic rings. The highest BCUT2D eigenvalue weighted by Crippen LogP contribution is 2.26. The zero-order valence-corrected chi connectivity index (χ0v) is 11.0. The Labute approximate surface area is 99.4 Å². The van der Waals surface area contributed by atoms with Crippen LogP contribution >= 0.6 is 0 Å². The molecule has 0 radical (unpaired) electrons. The Bertz CT molecular complexity index is 178. The van der Waals surface area contributed by atoms with E-state index in [1.165, 1.54) is 25.7 Å². The van der Waals surface area contributed by atoms with Crippen LogP contribution in [0, 0.1) is 11.3 Å². The monoisotopic (exact) mass is 230 g/mol. The average Bonchev–Trinajstić information content (AvgIpc) is 2.26. The van der Waals surface area contributed by atoms with Crippen LogP contribution in [0.4, 0.5) is 0 Å². The van der Waals surface area contributed by atoms with Crippen LogP contribution in [0.3, 0.4) is 0 Å². The molecule has 0 N–H and O–H groups in total. The average molecular weight is 230 g/mol. The molecule has 1 aliphatic heterocycles. The van der Waals surface area contributed by atoms with E-state index in [1.54, 1.807) is 0 Å². The van der Waals surface area contributed by atoms with Gasteiger partial charge in [0.15, 0.2) is 0 Å². The smallest absolute Gasteiger partial charge is 0.0920 e. The van der Waals surface area contributed by atoms with E-state index in [-0.39, 0.29) is 5.41 Å². The van der Waals surface area contributed by atoms with Crippen molar-refractivity contribution in [3.05, 3.63) is 0 Å². The van der Waals surface area contributed by atoms with E-state index in [1.807, 2.05) is 0 Å². The molecule has 1 atom stereocenters. The van der Waals surface area contributed by atoms with Gasteiger partial charge in [0.25, 0.3) is 0 Å². The van der Waals surface area contributed by atoms with E-state index in [0.717, 1.165) is 19.8 Å². The maximum Gasteiger partial charge on any atom is 0.0920 e. The van der Waals surface area contributed by atoms with E-state index in [0.29, 0.717) is 12.5 Å². The zero-order valence-electron chi connectivity index (χ0n) is 11.0. The largest absolute Gasteiger partial charge is 0.380 e. The summed E-state index contributed by atoms with van der Waals surface area (Å²) in [6, 6.07) is 0. The number of hydrogen-bond donors (Lipinski definition) is 0. The summed E-state index contributed by atoms with van der Waals surface area (Å²) in [5.74, 6) is 0.644. The van der Waals surface area contributed by atoms with Gasteiger partial charge in [0, 0.05) is 5.41 Å². The molecule has 0 aliphatic carbocycles. The predicted octanol–water partition coefficient (Wildman–Crippen LogP) is 3.19. The Morgan fingerprint density at radius 2 is 2.00 bits per heavy atom. The molecule has 0 bridgehead atoms. The zero-order chi connectivity index (χ0) is 11.9. The Morgan fingerprint density at radius 3 is 2.50 bits per heavy atom. The lowest BCUT2D eigenvalue weighted by Crippen LogP contribution is -2.43.